The maximum absolute atomic E-state index is 13.7. The summed E-state index contributed by atoms with van der Waals surface area (Å²) in [5, 5.41) is 0. The number of hydrogen-bond donors (Lipinski definition) is 1. The second kappa shape index (κ2) is 6.33. The van der Waals surface area contributed by atoms with Gasteiger partial charge in [0, 0.05) is 16.6 Å². The zero-order chi connectivity index (χ0) is 14.7. The van der Waals surface area contributed by atoms with Crippen molar-refractivity contribution in [1.29, 1.82) is 0 Å². The summed E-state index contributed by atoms with van der Waals surface area (Å²) in [5.74, 6) is -1.41. The third kappa shape index (κ3) is 3.55. The summed E-state index contributed by atoms with van der Waals surface area (Å²) >= 11 is 3.37. The molecule has 0 aromatic heterocycles. The van der Waals surface area contributed by atoms with Crippen molar-refractivity contribution in [3.63, 3.8) is 0 Å². The van der Waals surface area contributed by atoms with E-state index in [4.69, 9.17) is 10.5 Å². The van der Waals surface area contributed by atoms with Crippen LogP contribution in [0.5, 0.6) is 5.75 Å². The van der Waals surface area contributed by atoms with Crippen LogP contribution in [0.25, 0.3) is 0 Å². The molecule has 0 bridgehead atoms. The van der Waals surface area contributed by atoms with Crippen LogP contribution >= 0.6 is 15.9 Å². The van der Waals surface area contributed by atoms with Gasteiger partial charge in [-0.1, -0.05) is 28.1 Å². The lowest BCUT2D eigenvalue weighted by Crippen LogP contribution is -2.29. The van der Waals surface area contributed by atoms with Gasteiger partial charge >= 0.3 is 0 Å². The third-order valence-electron chi connectivity index (χ3n) is 2.80. The zero-order valence-corrected chi connectivity index (χ0v) is 12.4. The maximum Gasteiger partial charge on any atom is 0.168 e. The van der Waals surface area contributed by atoms with E-state index in [0.29, 0.717) is 0 Å². The van der Waals surface area contributed by atoms with E-state index < -0.39 is 17.7 Å². The van der Waals surface area contributed by atoms with Crippen molar-refractivity contribution in [1.82, 2.24) is 0 Å². The predicted molar refractivity (Wildman–Crippen MR) is 77.5 cm³/mol. The van der Waals surface area contributed by atoms with Gasteiger partial charge < -0.3 is 10.5 Å². The van der Waals surface area contributed by atoms with E-state index in [1.54, 1.807) is 6.92 Å². The van der Waals surface area contributed by atoms with Gasteiger partial charge in [0.25, 0.3) is 0 Å². The molecule has 106 valence electrons. The molecule has 0 saturated carbocycles. The number of halogens is 3. The topological polar surface area (TPSA) is 35.2 Å². The molecule has 2 aromatic carbocycles. The van der Waals surface area contributed by atoms with Gasteiger partial charge in [-0.05, 0) is 36.8 Å². The number of ether oxygens (including phenoxy) is 1. The molecule has 0 spiro atoms. The average Bonchev–Trinajstić information content (AvgIpc) is 2.37. The lowest BCUT2D eigenvalue weighted by Gasteiger charge is -2.23. The number of benzene rings is 2. The van der Waals surface area contributed by atoms with Crippen LogP contribution in [0.4, 0.5) is 8.78 Å². The minimum Gasteiger partial charge on any atom is -0.481 e. The summed E-state index contributed by atoms with van der Waals surface area (Å²) in [4.78, 5) is 0. The molecule has 20 heavy (non-hydrogen) atoms. The van der Waals surface area contributed by atoms with Crippen molar-refractivity contribution in [2.45, 2.75) is 19.1 Å². The number of hydrogen-bond acceptors (Lipinski definition) is 2. The maximum atomic E-state index is 13.7. The van der Waals surface area contributed by atoms with E-state index in [-0.39, 0.29) is 11.8 Å². The van der Waals surface area contributed by atoms with Crippen LogP contribution in [-0.4, -0.2) is 6.04 Å². The van der Waals surface area contributed by atoms with Gasteiger partial charge in [-0.15, -0.1) is 0 Å². The molecular weight excluding hydrogens is 328 g/mol. The lowest BCUT2D eigenvalue weighted by molar-refractivity contribution is 0.172. The van der Waals surface area contributed by atoms with E-state index >= 15 is 0 Å². The zero-order valence-electron chi connectivity index (χ0n) is 10.8. The van der Waals surface area contributed by atoms with Crippen molar-refractivity contribution in [2.24, 2.45) is 5.73 Å². The van der Waals surface area contributed by atoms with Gasteiger partial charge in [-0.25, -0.2) is 8.78 Å². The molecule has 5 heteroatoms. The Kier molecular flexibility index (Phi) is 4.73. The van der Waals surface area contributed by atoms with Crippen LogP contribution in [0.3, 0.4) is 0 Å². The smallest absolute Gasteiger partial charge is 0.168 e. The summed E-state index contributed by atoms with van der Waals surface area (Å²) in [7, 11) is 0. The van der Waals surface area contributed by atoms with Crippen molar-refractivity contribution in [2.75, 3.05) is 0 Å². The van der Waals surface area contributed by atoms with Gasteiger partial charge in [-0.3, -0.25) is 0 Å². The second-order valence-electron chi connectivity index (χ2n) is 4.53. The number of rotatable bonds is 4. The largest absolute Gasteiger partial charge is 0.481 e. The Balaban J connectivity index is 2.30. The molecule has 0 aliphatic rings. The molecule has 0 fully saturated rings. The number of nitrogens with two attached hydrogens (primary N) is 1. The predicted octanol–water partition coefficient (Wildman–Crippen LogP) is 4.19. The molecule has 2 aromatic rings. The summed E-state index contributed by atoms with van der Waals surface area (Å²) < 4.78 is 33.0. The molecule has 0 aliphatic carbocycles. The first-order valence-corrected chi connectivity index (χ1v) is 6.89. The highest BCUT2D eigenvalue weighted by atomic mass is 79.9. The SMILES string of the molecule is CC(N)C(Oc1ccc(F)cc1F)c1cccc(Br)c1. The van der Waals surface area contributed by atoms with Crippen LogP contribution in [-0.2, 0) is 0 Å². The highest BCUT2D eigenvalue weighted by Gasteiger charge is 2.20. The van der Waals surface area contributed by atoms with E-state index in [2.05, 4.69) is 15.9 Å². The molecule has 0 saturated heterocycles. The Hall–Kier alpha value is -1.46. The minimum atomic E-state index is -0.745. The molecule has 0 heterocycles. The van der Waals surface area contributed by atoms with E-state index in [0.717, 1.165) is 22.2 Å². The van der Waals surface area contributed by atoms with Crippen LogP contribution in [0.2, 0.25) is 0 Å². The fourth-order valence-electron chi connectivity index (χ4n) is 1.87. The Morgan fingerprint density at radius 3 is 2.50 bits per heavy atom. The Morgan fingerprint density at radius 2 is 1.90 bits per heavy atom. The Morgan fingerprint density at radius 1 is 1.15 bits per heavy atom. The molecule has 2 N–H and O–H groups in total. The van der Waals surface area contributed by atoms with Crippen LogP contribution in [0.15, 0.2) is 46.9 Å². The summed E-state index contributed by atoms with van der Waals surface area (Å²) in [6.07, 6.45) is -0.521. The van der Waals surface area contributed by atoms with Crippen molar-refractivity contribution >= 4 is 15.9 Å². The van der Waals surface area contributed by atoms with Crippen molar-refractivity contribution in [3.8, 4) is 5.75 Å². The van der Waals surface area contributed by atoms with Gasteiger partial charge in [0.1, 0.15) is 11.9 Å². The molecule has 2 atom stereocenters. The monoisotopic (exact) mass is 341 g/mol. The Bertz CT molecular complexity index is 604. The second-order valence-corrected chi connectivity index (χ2v) is 5.44. The van der Waals surface area contributed by atoms with Crippen LogP contribution < -0.4 is 10.5 Å². The van der Waals surface area contributed by atoms with Crippen LogP contribution in [0, 0.1) is 11.6 Å². The van der Waals surface area contributed by atoms with Crippen molar-refractivity contribution in [3.05, 3.63) is 64.1 Å². The first-order valence-electron chi connectivity index (χ1n) is 6.10. The molecule has 0 amide bonds. The highest BCUT2D eigenvalue weighted by Crippen LogP contribution is 2.28. The van der Waals surface area contributed by atoms with E-state index in [1.165, 1.54) is 6.07 Å². The Labute approximate surface area is 124 Å². The minimum absolute atomic E-state index is 0.0197. The molecule has 2 nitrogen and oxygen atoms in total. The molecular formula is C15H14BrF2NO. The molecule has 2 rings (SSSR count). The standard InChI is InChI=1S/C15H14BrF2NO/c1-9(19)15(10-3-2-4-11(16)7-10)20-14-6-5-12(17)8-13(14)18/h2-9,15H,19H2,1H3. The van der Waals surface area contributed by atoms with E-state index in [9.17, 15) is 8.78 Å². The fourth-order valence-corrected chi connectivity index (χ4v) is 2.29. The summed E-state index contributed by atoms with van der Waals surface area (Å²) in [5.41, 5.74) is 6.73. The third-order valence-corrected chi connectivity index (χ3v) is 3.30. The van der Waals surface area contributed by atoms with Crippen LogP contribution in [0.1, 0.15) is 18.6 Å². The molecule has 2 unspecified atom stereocenters. The normalized spacial score (nSPS) is 13.8. The first-order chi connectivity index (χ1) is 9.47. The first kappa shape index (κ1) is 14.9. The quantitative estimate of drug-likeness (QED) is 0.904. The molecule has 0 aliphatic heterocycles. The summed E-state index contributed by atoms with van der Waals surface area (Å²) in [6, 6.07) is 10.3. The van der Waals surface area contributed by atoms with E-state index in [1.807, 2.05) is 24.3 Å². The molecule has 0 radical (unpaired) electrons. The van der Waals surface area contributed by atoms with Gasteiger partial charge in [0.15, 0.2) is 11.6 Å². The lowest BCUT2D eigenvalue weighted by atomic mass is 10.0. The van der Waals surface area contributed by atoms with Gasteiger partial charge in [-0.2, -0.15) is 0 Å². The average molecular weight is 342 g/mol. The van der Waals surface area contributed by atoms with Gasteiger partial charge in [0.05, 0.1) is 0 Å². The summed E-state index contributed by atoms with van der Waals surface area (Å²) in [6.45, 7) is 1.77. The van der Waals surface area contributed by atoms with Crippen molar-refractivity contribution < 1.29 is 13.5 Å². The van der Waals surface area contributed by atoms with Gasteiger partial charge in [0.2, 0.25) is 0 Å². The fraction of sp³-hybridized carbons (Fsp3) is 0.200. The highest BCUT2D eigenvalue weighted by molar-refractivity contribution is 9.10.